The Morgan fingerprint density at radius 1 is 1.30 bits per heavy atom. The van der Waals surface area contributed by atoms with E-state index in [1.165, 1.54) is 17.7 Å². The first kappa shape index (κ1) is 23.2. The molecular weight excluding hydrogens is 455 g/mol. The van der Waals surface area contributed by atoms with Crippen LogP contribution in [-0.2, 0) is 40.9 Å². The van der Waals surface area contributed by atoms with E-state index >= 15 is 0 Å². The first-order valence-electron chi connectivity index (χ1n) is 10.2. The van der Waals surface area contributed by atoms with Gasteiger partial charge in [-0.25, -0.2) is 9.36 Å². The van der Waals surface area contributed by atoms with E-state index in [4.69, 9.17) is 23.0 Å². The highest BCUT2D eigenvalue weighted by Gasteiger charge is 2.37. The van der Waals surface area contributed by atoms with Gasteiger partial charge < -0.3 is 14.0 Å². The standard InChI is InChI=1S/C21H23N2O9P/c1-13-10-23(21(26)22-20(13)25)18-7-6-17(31-18)12-30-33(27)29-11-16-5-3-4-15(19(16)32-33)8-9-28-14(2)24/h3-7,10,17-18H,8-9,11-12H2,1-2H3,(H,22,25,26)/t17-,18+,33?/m0/s1. The molecule has 0 aliphatic carbocycles. The molecule has 2 aliphatic heterocycles. The minimum atomic E-state index is -3.93. The van der Waals surface area contributed by atoms with Crippen LogP contribution in [0.5, 0.6) is 5.75 Å². The molecule has 4 rings (SSSR count). The van der Waals surface area contributed by atoms with Gasteiger partial charge in [0.05, 0.1) is 19.8 Å². The van der Waals surface area contributed by atoms with Crippen LogP contribution in [0.2, 0.25) is 0 Å². The summed E-state index contributed by atoms with van der Waals surface area (Å²) in [5.41, 5.74) is 0.714. The predicted octanol–water partition coefficient (Wildman–Crippen LogP) is 2.14. The SMILES string of the molecule is CC(=O)OCCc1cccc2c1OP(=O)(OC[C@@H]1C=C[C@H](n3cc(C)c(=O)[nH]c3=O)O1)OC2. The lowest BCUT2D eigenvalue weighted by Gasteiger charge is -2.27. The van der Waals surface area contributed by atoms with Crippen LogP contribution in [0.3, 0.4) is 0 Å². The molecule has 0 radical (unpaired) electrons. The van der Waals surface area contributed by atoms with Gasteiger partial charge in [-0.3, -0.25) is 28.2 Å². The second-order valence-corrected chi connectivity index (χ2v) is 9.13. The highest BCUT2D eigenvalue weighted by Crippen LogP contribution is 2.55. The summed E-state index contributed by atoms with van der Waals surface area (Å²) < 4.78 is 41.5. The highest BCUT2D eigenvalue weighted by atomic mass is 31.2. The molecule has 1 aromatic heterocycles. The molecule has 2 aromatic rings. The van der Waals surface area contributed by atoms with Crippen molar-refractivity contribution in [1.29, 1.82) is 0 Å². The number of carbonyl (C=O) groups excluding carboxylic acids is 1. The number of carbonyl (C=O) groups is 1. The average Bonchev–Trinajstić information content (AvgIpc) is 3.24. The van der Waals surface area contributed by atoms with Crippen molar-refractivity contribution >= 4 is 13.8 Å². The van der Waals surface area contributed by atoms with E-state index in [0.717, 1.165) is 0 Å². The van der Waals surface area contributed by atoms with Crippen molar-refractivity contribution in [3.05, 3.63) is 74.1 Å². The molecule has 0 spiro atoms. The zero-order chi connectivity index (χ0) is 23.6. The van der Waals surface area contributed by atoms with E-state index in [2.05, 4.69) is 4.98 Å². The summed E-state index contributed by atoms with van der Waals surface area (Å²) in [7, 11) is -3.93. The van der Waals surface area contributed by atoms with Crippen molar-refractivity contribution in [3.8, 4) is 5.75 Å². The molecule has 1 aromatic carbocycles. The fraction of sp³-hybridized carbons (Fsp3) is 0.381. The van der Waals surface area contributed by atoms with Gasteiger partial charge in [0.15, 0.2) is 6.23 Å². The van der Waals surface area contributed by atoms with E-state index < -0.39 is 31.4 Å². The molecule has 176 valence electrons. The first-order chi connectivity index (χ1) is 15.7. The third-order valence-electron chi connectivity index (χ3n) is 5.06. The van der Waals surface area contributed by atoms with E-state index in [-0.39, 0.29) is 25.8 Å². The lowest BCUT2D eigenvalue weighted by Crippen LogP contribution is -2.33. The molecule has 1 N–H and O–H groups in total. The quantitative estimate of drug-likeness (QED) is 0.361. The number of rotatable bonds is 7. The Labute approximate surface area is 188 Å². The van der Waals surface area contributed by atoms with Gasteiger partial charge >= 0.3 is 19.5 Å². The number of ether oxygens (including phenoxy) is 2. The Balaban J connectivity index is 1.38. The van der Waals surface area contributed by atoms with Gasteiger partial charge in [-0.1, -0.05) is 24.3 Å². The Bertz CT molecular complexity index is 1250. The number of esters is 1. The molecule has 0 fully saturated rings. The van der Waals surface area contributed by atoms with Crippen LogP contribution in [-0.4, -0.2) is 34.8 Å². The number of benzene rings is 1. The number of fused-ring (bicyclic) bond motifs is 1. The fourth-order valence-electron chi connectivity index (χ4n) is 3.40. The third kappa shape index (κ3) is 5.33. The minimum Gasteiger partial charge on any atom is -0.466 e. The maximum Gasteiger partial charge on any atom is 0.530 e. The Hall–Kier alpha value is -2.98. The molecule has 2 aliphatic rings. The normalized spacial score (nSPS) is 23.7. The van der Waals surface area contributed by atoms with Crippen molar-refractivity contribution in [1.82, 2.24) is 9.55 Å². The van der Waals surface area contributed by atoms with Gasteiger partial charge in [-0.15, -0.1) is 0 Å². The summed E-state index contributed by atoms with van der Waals surface area (Å²) in [6, 6.07) is 5.38. The molecule has 0 saturated heterocycles. The van der Waals surface area contributed by atoms with Crippen LogP contribution in [0.25, 0.3) is 0 Å². The van der Waals surface area contributed by atoms with Crippen LogP contribution in [0, 0.1) is 6.92 Å². The van der Waals surface area contributed by atoms with Crippen LogP contribution < -0.4 is 15.8 Å². The maximum atomic E-state index is 13.0. The van der Waals surface area contributed by atoms with Gasteiger partial charge in [-0.05, 0) is 18.6 Å². The highest BCUT2D eigenvalue weighted by molar-refractivity contribution is 7.49. The Morgan fingerprint density at radius 3 is 2.91 bits per heavy atom. The van der Waals surface area contributed by atoms with Crippen molar-refractivity contribution in [2.24, 2.45) is 0 Å². The number of aryl methyl sites for hydroxylation is 1. The second kappa shape index (κ2) is 9.48. The van der Waals surface area contributed by atoms with Crippen molar-refractivity contribution < 1.29 is 32.4 Å². The molecule has 0 saturated carbocycles. The molecule has 1 unspecified atom stereocenters. The van der Waals surface area contributed by atoms with Crippen molar-refractivity contribution in [3.63, 3.8) is 0 Å². The van der Waals surface area contributed by atoms with Crippen LogP contribution >= 0.6 is 7.82 Å². The topological polar surface area (TPSA) is 135 Å². The third-order valence-corrected chi connectivity index (χ3v) is 6.37. The van der Waals surface area contributed by atoms with Crippen LogP contribution in [0.1, 0.15) is 29.8 Å². The fourth-order valence-corrected chi connectivity index (χ4v) is 4.67. The Morgan fingerprint density at radius 2 is 2.12 bits per heavy atom. The number of phosphoric ester groups is 1. The van der Waals surface area contributed by atoms with Crippen LogP contribution in [0.15, 0.2) is 46.1 Å². The zero-order valence-corrected chi connectivity index (χ0v) is 18.9. The molecule has 3 heterocycles. The first-order valence-corrected chi connectivity index (χ1v) is 11.7. The Kier molecular flexibility index (Phi) is 6.66. The number of para-hydroxylation sites is 1. The number of aromatic amines is 1. The number of hydrogen-bond donors (Lipinski definition) is 1. The van der Waals surface area contributed by atoms with Gasteiger partial charge in [0.25, 0.3) is 5.56 Å². The molecule has 0 amide bonds. The summed E-state index contributed by atoms with van der Waals surface area (Å²) in [5, 5.41) is 0. The number of nitrogens with zero attached hydrogens (tertiary/aromatic N) is 1. The lowest BCUT2D eigenvalue weighted by atomic mass is 10.1. The predicted molar refractivity (Wildman–Crippen MR) is 115 cm³/mol. The summed E-state index contributed by atoms with van der Waals surface area (Å²) in [6.07, 6.45) is 3.72. The summed E-state index contributed by atoms with van der Waals surface area (Å²) >= 11 is 0. The van der Waals surface area contributed by atoms with E-state index in [1.807, 2.05) is 6.07 Å². The minimum absolute atomic E-state index is 0.0318. The van der Waals surface area contributed by atoms with Gasteiger partial charge in [0.1, 0.15) is 11.9 Å². The van der Waals surface area contributed by atoms with E-state index in [9.17, 15) is 18.9 Å². The molecule has 3 atom stereocenters. The van der Waals surface area contributed by atoms with Crippen molar-refractivity contribution in [2.45, 2.75) is 39.2 Å². The monoisotopic (exact) mass is 478 g/mol. The molecule has 11 nitrogen and oxygen atoms in total. The number of hydrogen-bond acceptors (Lipinski definition) is 9. The number of aromatic nitrogens is 2. The van der Waals surface area contributed by atoms with Gasteiger partial charge in [0, 0.05) is 30.7 Å². The second-order valence-electron chi connectivity index (χ2n) is 7.53. The van der Waals surface area contributed by atoms with Crippen molar-refractivity contribution in [2.75, 3.05) is 13.2 Å². The van der Waals surface area contributed by atoms with Gasteiger partial charge in [0.2, 0.25) is 0 Å². The number of H-pyrrole nitrogens is 1. The number of nitrogens with one attached hydrogen (secondary N) is 1. The average molecular weight is 478 g/mol. The smallest absolute Gasteiger partial charge is 0.466 e. The summed E-state index contributed by atoms with van der Waals surface area (Å²) in [6.45, 7) is 2.95. The summed E-state index contributed by atoms with van der Waals surface area (Å²) in [5.74, 6) is -0.00414. The molecule has 0 bridgehead atoms. The van der Waals surface area contributed by atoms with E-state index in [0.29, 0.717) is 28.9 Å². The molecule has 12 heteroatoms. The molecule has 33 heavy (non-hydrogen) atoms. The zero-order valence-electron chi connectivity index (χ0n) is 18.0. The maximum absolute atomic E-state index is 13.0. The van der Waals surface area contributed by atoms with E-state index in [1.54, 1.807) is 31.2 Å². The number of phosphoric acid groups is 1. The van der Waals surface area contributed by atoms with Gasteiger partial charge in [-0.2, -0.15) is 0 Å². The largest absolute Gasteiger partial charge is 0.530 e. The van der Waals surface area contributed by atoms with Crippen LogP contribution in [0.4, 0.5) is 0 Å². The molecular formula is C21H23N2O9P. The summed E-state index contributed by atoms with van der Waals surface area (Å²) in [4.78, 5) is 36.8. The lowest BCUT2D eigenvalue weighted by molar-refractivity contribution is -0.140.